The highest BCUT2D eigenvalue weighted by Crippen LogP contribution is 2.27. The highest BCUT2D eigenvalue weighted by molar-refractivity contribution is 8.00. The lowest BCUT2D eigenvalue weighted by Crippen LogP contribution is -2.18. The van der Waals surface area contributed by atoms with Crippen molar-refractivity contribution in [3.05, 3.63) is 53.8 Å². The summed E-state index contributed by atoms with van der Waals surface area (Å²) in [6.07, 6.45) is 0.951. The van der Waals surface area contributed by atoms with Crippen molar-refractivity contribution in [2.24, 2.45) is 0 Å². The summed E-state index contributed by atoms with van der Waals surface area (Å²) in [7, 11) is 0. The summed E-state index contributed by atoms with van der Waals surface area (Å²) in [5, 5.41) is 5.98. The fourth-order valence-corrected chi connectivity index (χ4v) is 3.93. The number of nitrogens with one attached hydrogen (secondary N) is 2. The van der Waals surface area contributed by atoms with E-state index < -0.39 is 0 Å². The third kappa shape index (κ3) is 5.51. The molecule has 0 aliphatic carbocycles. The van der Waals surface area contributed by atoms with Crippen molar-refractivity contribution < 1.29 is 14.0 Å². The van der Waals surface area contributed by atoms with Crippen LogP contribution in [-0.4, -0.2) is 28.3 Å². The minimum absolute atomic E-state index is 0.129. The second-order valence-electron chi connectivity index (χ2n) is 5.77. The number of hydrogen-bond acceptors (Lipinski definition) is 5. The molecule has 0 radical (unpaired) electrons. The number of anilines is 2. The van der Waals surface area contributed by atoms with E-state index in [1.807, 2.05) is 12.1 Å². The Bertz CT molecular complexity index is 957. The Kier molecular flexibility index (Phi) is 6.41. The first-order chi connectivity index (χ1) is 13.0. The average molecular weight is 404 g/mol. The minimum Gasteiger partial charge on any atom is -0.325 e. The maximum absolute atomic E-state index is 12.8. The van der Waals surface area contributed by atoms with Crippen LogP contribution >= 0.6 is 23.1 Å². The van der Waals surface area contributed by atoms with Gasteiger partial charge in [-0.25, -0.2) is 9.37 Å². The van der Waals surface area contributed by atoms with Gasteiger partial charge in [-0.05, 0) is 48.4 Å². The van der Waals surface area contributed by atoms with Gasteiger partial charge in [0.1, 0.15) is 5.82 Å². The molecule has 0 fully saturated rings. The molecule has 0 aliphatic heterocycles. The van der Waals surface area contributed by atoms with Gasteiger partial charge in [-0.3, -0.25) is 9.59 Å². The summed E-state index contributed by atoms with van der Waals surface area (Å²) >= 11 is 2.64. The van der Waals surface area contributed by atoms with Crippen LogP contribution in [0.25, 0.3) is 10.2 Å². The number of thioether (sulfide) groups is 1. The van der Waals surface area contributed by atoms with Crippen molar-refractivity contribution in [2.75, 3.05) is 22.1 Å². The molecular weight excluding hydrogens is 385 g/mol. The summed E-state index contributed by atoms with van der Waals surface area (Å²) in [4.78, 5) is 28.3. The van der Waals surface area contributed by atoms with E-state index in [2.05, 4.69) is 28.6 Å². The molecule has 0 spiro atoms. The number of aryl methyl sites for hydroxylation is 1. The third-order valence-electron chi connectivity index (χ3n) is 3.70. The van der Waals surface area contributed by atoms with Crippen LogP contribution < -0.4 is 10.6 Å². The molecule has 0 atom stereocenters. The highest BCUT2D eigenvalue weighted by Gasteiger charge is 2.10. The largest absolute Gasteiger partial charge is 0.325 e. The van der Waals surface area contributed by atoms with Crippen LogP contribution in [-0.2, 0) is 16.0 Å². The summed E-state index contributed by atoms with van der Waals surface area (Å²) in [6.45, 7) is 2.09. The second kappa shape index (κ2) is 8.96. The first kappa shape index (κ1) is 19.3. The molecule has 0 bridgehead atoms. The Hall–Kier alpha value is -2.45. The highest BCUT2D eigenvalue weighted by atomic mass is 32.2. The number of aromatic nitrogens is 1. The molecule has 0 unspecified atom stereocenters. The summed E-state index contributed by atoms with van der Waals surface area (Å²) in [5.74, 6) is -0.534. The summed E-state index contributed by atoms with van der Waals surface area (Å²) < 4.78 is 13.9. The molecule has 3 aromatic rings. The van der Waals surface area contributed by atoms with Crippen molar-refractivity contribution in [1.82, 2.24) is 4.98 Å². The predicted octanol–water partition coefficient (Wildman–Crippen LogP) is 4.31. The average Bonchev–Trinajstić information content (AvgIpc) is 3.04. The van der Waals surface area contributed by atoms with Crippen molar-refractivity contribution in [3.8, 4) is 0 Å². The maximum atomic E-state index is 12.8. The van der Waals surface area contributed by atoms with E-state index in [1.165, 1.54) is 52.9 Å². The van der Waals surface area contributed by atoms with E-state index in [9.17, 15) is 14.0 Å². The van der Waals surface area contributed by atoms with Crippen molar-refractivity contribution >= 4 is 55.9 Å². The predicted molar refractivity (Wildman–Crippen MR) is 110 cm³/mol. The Morgan fingerprint density at radius 2 is 1.78 bits per heavy atom. The number of hydrogen-bond donors (Lipinski definition) is 2. The number of fused-ring (bicyclic) bond motifs is 1. The van der Waals surface area contributed by atoms with E-state index in [4.69, 9.17) is 0 Å². The number of nitrogens with zero attached hydrogens (tertiary/aromatic N) is 1. The third-order valence-corrected chi connectivity index (χ3v) is 5.57. The topological polar surface area (TPSA) is 71.1 Å². The first-order valence-electron chi connectivity index (χ1n) is 8.36. The Balaban J connectivity index is 1.45. The number of halogens is 1. The van der Waals surface area contributed by atoms with Gasteiger partial charge in [0.25, 0.3) is 0 Å². The molecule has 2 amide bonds. The van der Waals surface area contributed by atoms with Crippen LogP contribution in [0.1, 0.15) is 12.5 Å². The number of carbonyl (C=O) groups excluding carboxylic acids is 2. The smallest absolute Gasteiger partial charge is 0.236 e. The minimum atomic E-state index is -0.361. The van der Waals surface area contributed by atoms with E-state index >= 15 is 0 Å². The van der Waals surface area contributed by atoms with Crippen LogP contribution in [0.5, 0.6) is 0 Å². The summed E-state index contributed by atoms with van der Waals surface area (Å²) in [6, 6.07) is 11.6. The van der Waals surface area contributed by atoms with E-state index in [0.29, 0.717) is 10.8 Å². The number of amides is 2. The monoisotopic (exact) mass is 403 g/mol. The molecule has 0 saturated carbocycles. The van der Waals surface area contributed by atoms with Gasteiger partial charge in [0.2, 0.25) is 11.8 Å². The van der Waals surface area contributed by atoms with Gasteiger partial charge in [-0.2, -0.15) is 0 Å². The molecule has 1 heterocycles. The molecule has 2 aromatic carbocycles. The molecule has 0 saturated heterocycles. The molecule has 0 aliphatic rings. The lowest BCUT2D eigenvalue weighted by Gasteiger charge is -2.05. The first-order valence-corrected chi connectivity index (χ1v) is 10.3. The van der Waals surface area contributed by atoms with Gasteiger partial charge in [0, 0.05) is 5.69 Å². The van der Waals surface area contributed by atoms with Gasteiger partial charge in [0.15, 0.2) is 5.13 Å². The van der Waals surface area contributed by atoms with Gasteiger partial charge in [0.05, 0.1) is 21.7 Å². The number of benzene rings is 2. The molecule has 3 rings (SSSR count). The maximum Gasteiger partial charge on any atom is 0.236 e. The Labute approximate surface area is 164 Å². The SMILES string of the molecule is CCc1ccc2nc(NC(=O)CSCC(=O)Nc3ccc(F)cc3)sc2c1. The van der Waals surface area contributed by atoms with E-state index in [-0.39, 0.29) is 29.1 Å². The zero-order valence-electron chi connectivity index (χ0n) is 14.6. The molecule has 5 nitrogen and oxygen atoms in total. The van der Waals surface area contributed by atoms with Crippen LogP contribution in [0.3, 0.4) is 0 Å². The van der Waals surface area contributed by atoms with Crippen molar-refractivity contribution in [3.63, 3.8) is 0 Å². The molecule has 27 heavy (non-hydrogen) atoms. The fraction of sp³-hybridized carbons (Fsp3) is 0.211. The second-order valence-corrected chi connectivity index (χ2v) is 7.79. The lowest BCUT2D eigenvalue weighted by molar-refractivity contribution is -0.114. The lowest BCUT2D eigenvalue weighted by atomic mass is 10.2. The van der Waals surface area contributed by atoms with Gasteiger partial charge in [-0.15, -0.1) is 11.8 Å². The molecular formula is C19H18FN3O2S2. The van der Waals surface area contributed by atoms with Gasteiger partial charge in [-0.1, -0.05) is 24.3 Å². The van der Waals surface area contributed by atoms with Crippen LogP contribution in [0, 0.1) is 5.82 Å². The summed E-state index contributed by atoms with van der Waals surface area (Å²) in [5.41, 5.74) is 2.61. The van der Waals surface area contributed by atoms with Crippen LogP contribution in [0.2, 0.25) is 0 Å². The molecule has 140 valence electrons. The van der Waals surface area contributed by atoms with Crippen molar-refractivity contribution in [1.29, 1.82) is 0 Å². The number of rotatable bonds is 7. The van der Waals surface area contributed by atoms with Gasteiger partial charge < -0.3 is 10.6 Å². The standard InChI is InChI=1S/C19H18FN3O2S2/c1-2-12-3-8-15-16(9-12)27-19(22-15)23-18(25)11-26-10-17(24)21-14-6-4-13(20)5-7-14/h3-9H,2,10-11H2,1H3,(H,21,24)(H,22,23,25). The van der Waals surface area contributed by atoms with E-state index in [1.54, 1.807) is 0 Å². The normalized spacial score (nSPS) is 10.7. The fourth-order valence-electron chi connectivity index (χ4n) is 2.36. The van der Waals surface area contributed by atoms with E-state index in [0.717, 1.165) is 16.6 Å². The quantitative estimate of drug-likeness (QED) is 0.617. The molecule has 8 heteroatoms. The number of thiazole rings is 1. The Morgan fingerprint density at radius 1 is 1.07 bits per heavy atom. The Morgan fingerprint density at radius 3 is 2.48 bits per heavy atom. The van der Waals surface area contributed by atoms with Crippen LogP contribution in [0.15, 0.2) is 42.5 Å². The number of carbonyl (C=O) groups is 2. The molecule has 2 N–H and O–H groups in total. The zero-order valence-corrected chi connectivity index (χ0v) is 16.3. The van der Waals surface area contributed by atoms with Crippen molar-refractivity contribution in [2.45, 2.75) is 13.3 Å². The van der Waals surface area contributed by atoms with Gasteiger partial charge >= 0.3 is 0 Å². The van der Waals surface area contributed by atoms with Crippen LogP contribution in [0.4, 0.5) is 15.2 Å². The molecule has 1 aromatic heterocycles. The zero-order chi connectivity index (χ0) is 19.2.